The number of hydrogen-bond acceptors (Lipinski definition) is 7. The van der Waals surface area contributed by atoms with E-state index in [1.807, 2.05) is 25.1 Å². The first-order chi connectivity index (χ1) is 12.9. The molecule has 27 heavy (non-hydrogen) atoms. The van der Waals surface area contributed by atoms with Crippen molar-refractivity contribution in [3.05, 3.63) is 29.8 Å². The maximum absolute atomic E-state index is 11.7. The fourth-order valence-corrected chi connectivity index (χ4v) is 4.38. The van der Waals surface area contributed by atoms with E-state index in [1.165, 1.54) is 12.0 Å². The minimum Gasteiger partial charge on any atom is -0.493 e. The minimum atomic E-state index is -0.467. The number of methoxy groups -OCH3 is 1. The third-order valence-electron chi connectivity index (χ3n) is 3.71. The normalized spacial score (nSPS) is 17.1. The molecule has 0 saturated heterocycles. The number of nitrogens with zero attached hydrogens (tertiary/aromatic N) is 1. The van der Waals surface area contributed by atoms with Gasteiger partial charge in [-0.3, -0.25) is 4.79 Å². The van der Waals surface area contributed by atoms with Crippen LogP contribution in [-0.2, 0) is 24.4 Å². The minimum absolute atomic E-state index is 0.0687. The fraction of sp³-hybridized carbons (Fsp3) is 0.316. The lowest BCUT2D eigenvalue weighted by Crippen LogP contribution is -2.25. The number of amides is 1. The Hall–Kier alpha value is -2.32. The molecular formula is C19H22NO5S2-. The van der Waals surface area contributed by atoms with E-state index in [-0.39, 0.29) is 12.5 Å². The van der Waals surface area contributed by atoms with Crippen LogP contribution < -0.4 is 9.47 Å². The predicted octanol–water partition coefficient (Wildman–Crippen LogP) is 2.02. The Bertz CT molecular complexity index is 882. The molecule has 1 aromatic carbocycles. The monoisotopic (exact) mass is 408 g/mol. The van der Waals surface area contributed by atoms with E-state index in [9.17, 15) is 9.59 Å². The van der Waals surface area contributed by atoms with Gasteiger partial charge in [-0.2, -0.15) is 4.86 Å². The lowest BCUT2D eigenvalue weighted by atomic mass is 10.2. The van der Waals surface area contributed by atoms with Crippen molar-refractivity contribution >= 4 is 54.8 Å². The summed E-state index contributed by atoms with van der Waals surface area (Å²) in [5, 5.41) is 1.65. The molecule has 6 nitrogen and oxygen atoms in total. The summed E-state index contributed by atoms with van der Waals surface area (Å²) in [7, 11) is 2.75. The van der Waals surface area contributed by atoms with Gasteiger partial charge in [-0.1, -0.05) is 37.4 Å². The average Bonchev–Trinajstić information content (AvgIpc) is 2.92. The highest BCUT2D eigenvalue weighted by atomic mass is 32.2. The van der Waals surface area contributed by atoms with Crippen molar-refractivity contribution in [2.24, 2.45) is 0 Å². The molecule has 2 rings (SSSR count). The Morgan fingerprint density at radius 3 is 2.67 bits per heavy atom. The zero-order chi connectivity index (χ0) is 20.0. The van der Waals surface area contributed by atoms with Crippen LogP contribution in [-0.4, -0.2) is 58.7 Å². The quantitative estimate of drug-likeness (QED) is 0.298. The fourth-order valence-electron chi connectivity index (χ4n) is 2.23. The maximum atomic E-state index is 11.7. The zero-order valence-corrected chi connectivity index (χ0v) is 17.3. The highest BCUT2D eigenvalue weighted by Gasteiger charge is 2.10. The summed E-state index contributed by atoms with van der Waals surface area (Å²) < 4.78 is 16.3. The van der Waals surface area contributed by atoms with Crippen LogP contribution in [0.3, 0.4) is 0 Å². The van der Waals surface area contributed by atoms with Crippen LogP contribution in [0.5, 0.6) is 11.5 Å². The molecular weight excluding hydrogens is 386 g/mol. The number of benzene rings is 1. The average molecular weight is 409 g/mol. The second-order valence-corrected chi connectivity index (χ2v) is 8.15. The summed E-state index contributed by atoms with van der Waals surface area (Å²) in [5.41, 5.74) is 0.892. The van der Waals surface area contributed by atoms with E-state index in [1.54, 1.807) is 31.5 Å². The number of hydrogen-bond donors (Lipinski definition) is 0. The molecule has 0 N–H and O–H groups in total. The molecule has 0 aromatic heterocycles. The molecule has 0 aliphatic carbocycles. The smallest absolute Gasteiger partial charge is 0.344 e. The number of carbonyl (C=O) groups is 2. The molecule has 0 spiro atoms. The van der Waals surface area contributed by atoms with E-state index in [4.69, 9.17) is 26.4 Å². The van der Waals surface area contributed by atoms with Crippen LogP contribution in [0, 0.1) is 0 Å². The molecule has 0 bridgehead atoms. The van der Waals surface area contributed by atoms with Crippen LogP contribution in [0.15, 0.2) is 24.3 Å². The largest absolute Gasteiger partial charge is 0.493 e. The molecule has 0 saturated carbocycles. The van der Waals surface area contributed by atoms with Crippen molar-refractivity contribution in [2.75, 3.05) is 27.4 Å². The summed E-state index contributed by atoms with van der Waals surface area (Å²) in [6.07, 6.45) is 3.85. The first-order valence-corrected chi connectivity index (χ1v) is 9.94. The van der Waals surface area contributed by atoms with E-state index < -0.39 is 16.0 Å². The molecule has 1 aliphatic rings. The van der Waals surface area contributed by atoms with Gasteiger partial charge < -0.3 is 29.2 Å². The lowest BCUT2D eigenvalue weighted by molar-refractivity contribution is -0.145. The second-order valence-electron chi connectivity index (χ2n) is 5.57. The Labute approximate surface area is 166 Å². The van der Waals surface area contributed by atoms with Crippen molar-refractivity contribution in [3.8, 4) is 11.5 Å². The van der Waals surface area contributed by atoms with Gasteiger partial charge in [0, 0.05) is 7.05 Å². The van der Waals surface area contributed by atoms with E-state index >= 15 is 0 Å². The summed E-state index contributed by atoms with van der Waals surface area (Å²) in [6, 6.07) is 5.39. The van der Waals surface area contributed by atoms with Gasteiger partial charge in [-0.25, -0.2) is 4.79 Å². The molecule has 1 aliphatic heterocycles. The lowest BCUT2D eigenvalue weighted by Gasteiger charge is -2.17. The van der Waals surface area contributed by atoms with Gasteiger partial charge in [-0.15, -0.1) is 5.37 Å². The Kier molecular flexibility index (Phi) is 7.44. The summed E-state index contributed by atoms with van der Waals surface area (Å²) in [6.45, 7) is 3.82. The van der Waals surface area contributed by atoms with Crippen LogP contribution in [0.25, 0.3) is 6.08 Å². The molecule has 8 heteroatoms. The van der Waals surface area contributed by atoms with Crippen LogP contribution in [0.1, 0.15) is 19.4 Å². The van der Waals surface area contributed by atoms with Gasteiger partial charge in [0.05, 0.1) is 13.7 Å². The third kappa shape index (κ3) is 5.33. The summed E-state index contributed by atoms with van der Waals surface area (Å²) in [4.78, 5) is 25.6. The number of ether oxygens (including phenoxy) is 3. The van der Waals surface area contributed by atoms with Gasteiger partial charge >= 0.3 is 5.97 Å². The van der Waals surface area contributed by atoms with E-state index in [0.717, 1.165) is 10.4 Å². The van der Waals surface area contributed by atoms with Gasteiger partial charge in [0.25, 0.3) is 0 Å². The predicted molar refractivity (Wildman–Crippen MR) is 114 cm³/mol. The van der Waals surface area contributed by atoms with Crippen molar-refractivity contribution in [1.29, 1.82) is 0 Å². The van der Waals surface area contributed by atoms with Gasteiger partial charge in [-0.05, 0) is 28.9 Å². The molecule has 0 unspecified atom stereocenters. The van der Waals surface area contributed by atoms with Crippen molar-refractivity contribution < 1.29 is 23.8 Å². The van der Waals surface area contributed by atoms with Gasteiger partial charge in [0.2, 0.25) is 5.91 Å². The molecule has 0 atom stereocenters. The topological polar surface area (TPSA) is 65.1 Å². The number of carbonyl (C=O) groups excluding carboxylic acids is 2. The molecule has 1 aromatic rings. The van der Waals surface area contributed by atoms with Crippen LogP contribution >= 0.6 is 12.2 Å². The number of allylic oxidation sites excluding steroid dienone is 1. The van der Waals surface area contributed by atoms with Crippen LogP contribution in [0.4, 0.5) is 0 Å². The SMILES string of the molecule is CCOC(=O)COc1ccc(C=CC(C)=[S-]2=CC(=O)N(C)C2=S)cc1OC. The summed E-state index contributed by atoms with van der Waals surface area (Å²) >= 11 is 5.33. The Morgan fingerprint density at radius 1 is 1.33 bits per heavy atom. The number of thiocarbonyl (C=S) groups is 1. The highest BCUT2D eigenvalue weighted by molar-refractivity contribution is 8.19. The van der Waals surface area contributed by atoms with Crippen molar-refractivity contribution in [2.45, 2.75) is 13.8 Å². The molecule has 1 heterocycles. The first-order valence-electron chi connectivity index (χ1n) is 8.25. The number of rotatable bonds is 7. The van der Waals surface area contributed by atoms with Crippen molar-refractivity contribution in [1.82, 2.24) is 4.90 Å². The van der Waals surface area contributed by atoms with E-state index in [2.05, 4.69) is 0 Å². The Balaban J connectivity index is 2.17. The summed E-state index contributed by atoms with van der Waals surface area (Å²) in [5.74, 6) is 0.473. The molecule has 0 fully saturated rings. The van der Waals surface area contributed by atoms with Crippen molar-refractivity contribution in [3.63, 3.8) is 0 Å². The molecule has 146 valence electrons. The maximum Gasteiger partial charge on any atom is 0.344 e. The standard InChI is InChI=1S/C19H22NO5S2/c1-5-24-18(22)11-25-15-9-8-14(10-16(15)23-4)7-6-13(2)27-12-17(21)20(3)19(27)26/h6-10,12H,5,11H2,1-4H3/q-1. The number of esters is 1. The molecule has 1 amide bonds. The third-order valence-corrected chi connectivity index (χ3v) is 6.44. The highest BCUT2D eigenvalue weighted by Crippen LogP contribution is 2.28. The van der Waals surface area contributed by atoms with E-state index in [0.29, 0.717) is 22.4 Å². The van der Waals surface area contributed by atoms with Gasteiger partial charge in [0.1, 0.15) is 0 Å². The van der Waals surface area contributed by atoms with Crippen LogP contribution in [0.2, 0.25) is 0 Å². The molecule has 0 radical (unpaired) electrons. The zero-order valence-electron chi connectivity index (χ0n) is 15.7. The Morgan fingerprint density at radius 2 is 2.07 bits per heavy atom. The van der Waals surface area contributed by atoms with Gasteiger partial charge in [0.15, 0.2) is 18.1 Å². The first kappa shape index (κ1) is 21.0. The second kappa shape index (κ2) is 9.57.